The van der Waals surface area contributed by atoms with Gasteiger partial charge in [0.15, 0.2) is 5.13 Å². The first kappa shape index (κ1) is 21.3. The third-order valence-electron chi connectivity index (χ3n) is 5.19. The average molecular weight is 457 g/mol. The molecule has 0 spiro atoms. The smallest absolute Gasteiger partial charge is 0.263 e. The van der Waals surface area contributed by atoms with Gasteiger partial charge in [-0.15, -0.1) is 11.3 Å². The SMILES string of the molecule is Cc1ccc(S(=O)(=O)Nc2nc(CC(=O)N3CCN(c4ccccc4)CC3)cs2)cc1. The minimum Gasteiger partial charge on any atom is -0.368 e. The van der Waals surface area contributed by atoms with Crippen molar-refractivity contribution in [2.24, 2.45) is 0 Å². The number of hydrogen-bond donors (Lipinski definition) is 1. The number of nitrogens with one attached hydrogen (secondary N) is 1. The molecule has 0 aliphatic carbocycles. The Kier molecular flexibility index (Phi) is 6.24. The van der Waals surface area contributed by atoms with E-state index in [-0.39, 0.29) is 22.4 Å². The van der Waals surface area contributed by atoms with Crippen molar-refractivity contribution in [2.75, 3.05) is 35.8 Å². The summed E-state index contributed by atoms with van der Waals surface area (Å²) in [5, 5.41) is 1.99. The van der Waals surface area contributed by atoms with E-state index in [0.717, 1.165) is 18.7 Å². The third kappa shape index (κ3) is 5.23. The van der Waals surface area contributed by atoms with Crippen LogP contribution in [0.1, 0.15) is 11.3 Å². The molecule has 4 rings (SSSR count). The molecule has 3 aromatic rings. The number of piperazine rings is 1. The van der Waals surface area contributed by atoms with Crippen molar-refractivity contribution in [3.05, 3.63) is 71.2 Å². The molecule has 1 aromatic heterocycles. The van der Waals surface area contributed by atoms with Gasteiger partial charge >= 0.3 is 0 Å². The minimum atomic E-state index is -3.70. The van der Waals surface area contributed by atoms with Crippen LogP contribution in [0.2, 0.25) is 0 Å². The van der Waals surface area contributed by atoms with Gasteiger partial charge < -0.3 is 9.80 Å². The lowest BCUT2D eigenvalue weighted by Gasteiger charge is -2.36. The van der Waals surface area contributed by atoms with Crippen molar-refractivity contribution in [2.45, 2.75) is 18.2 Å². The summed E-state index contributed by atoms with van der Waals surface area (Å²) in [6.07, 6.45) is 0.161. The number of aromatic nitrogens is 1. The second kappa shape index (κ2) is 9.07. The van der Waals surface area contributed by atoms with Crippen LogP contribution < -0.4 is 9.62 Å². The molecular formula is C22H24N4O3S2. The summed E-state index contributed by atoms with van der Waals surface area (Å²) in [6, 6.07) is 16.8. The number of anilines is 2. The summed E-state index contributed by atoms with van der Waals surface area (Å²) in [7, 11) is -3.70. The zero-order valence-electron chi connectivity index (χ0n) is 17.2. The molecule has 1 fully saturated rings. The molecule has 0 unspecified atom stereocenters. The molecule has 31 heavy (non-hydrogen) atoms. The molecule has 2 aromatic carbocycles. The summed E-state index contributed by atoms with van der Waals surface area (Å²) in [5.41, 5.74) is 2.72. The Morgan fingerprint density at radius 1 is 1.03 bits per heavy atom. The van der Waals surface area contributed by atoms with Gasteiger partial charge in [0.1, 0.15) is 0 Å². The van der Waals surface area contributed by atoms with Gasteiger partial charge in [0.05, 0.1) is 17.0 Å². The van der Waals surface area contributed by atoms with E-state index in [9.17, 15) is 13.2 Å². The highest BCUT2D eigenvalue weighted by atomic mass is 32.2. The zero-order chi connectivity index (χ0) is 21.8. The highest BCUT2D eigenvalue weighted by Gasteiger charge is 2.22. The quantitative estimate of drug-likeness (QED) is 0.616. The third-order valence-corrected chi connectivity index (χ3v) is 7.48. The first-order valence-corrected chi connectivity index (χ1v) is 12.4. The van der Waals surface area contributed by atoms with Crippen molar-refractivity contribution in [1.29, 1.82) is 0 Å². The van der Waals surface area contributed by atoms with Crippen LogP contribution in [-0.2, 0) is 21.2 Å². The lowest BCUT2D eigenvalue weighted by atomic mass is 10.2. The molecular weight excluding hydrogens is 432 g/mol. The number of carbonyl (C=O) groups excluding carboxylic acids is 1. The maximum Gasteiger partial charge on any atom is 0.263 e. The lowest BCUT2D eigenvalue weighted by molar-refractivity contribution is -0.130. The summed E-state index contributed by atoms with van der Waals surface area (Å²) in [5.74, 6) is 0.00551. The fraction of sp³-hybridized carbons (Fsp3) is 0.273. The molecule has 162 valence electrons. The summed E-state index contributed by atoms with van der Waals surface area (Å²) >= 11 is 1.18. The Morgan fingerprint density at radius 2 is 1.71 bits per heavy atom. The number of aryl methyl sites for hydroxylation is 1. The van der Waals surface area contributed by atoms with Gasteiger partial charge in [-0.3, -0.25) is 9.52 Å². The Labute approximate surface area is 186 Å². The van der Waals surface area contributed by atoms with Crippen molar-refractivity contribution in [3.63, 3.8) is 0 Å². The predicted octanol–water partition coefficient (Wildman–Crippen LogP) is 3.14. The fourth-order valence-corrected chi connectivity index (χ4v) is 5.41. The Balaban J connectivity index is 1.33. The molecule has 7 nitrogen and oxygen atoms in total. The number of thiazole rings is 1. The Bertz CT molecular complexity index is 1140. The van der Waals surface area contributed by atoms with Gasteiger partial charge in [-0.25, -0.2) is 13.4 Å². The van der Waals surface area contributed by atoms with E-state index in [1.54, 1.807) is 29.6 Å². The van der Waals surface area contributed by atoms with Crippen molar-refractivity contribution in [3.8, 4) is 0 Å². The number of para-hydroxylation sites is 1. The lowest BCUT2D eigenvalue weighted by Crippen LogP contribution is -2.49. The molecule has 0 radical (unpaired) electrons. The first-order valence-electron chi connectivity index (χ1n) is 10.0. The van der Waals surface area contributed by atoms with Crippen LogP contribution in [0.3, 0.4) is 0 Å². The largest absolute Gasteiger partial charge is 0.368 e. The van der Waals surface area contributed by atoms with Crippen molar-refractivity contribution < 1.29 is 13.2 Å². The molecule has 1 saturated heterocycles. The normalized spacial score (nSPS) is 14.5. The second-order valence-corrected chi connectivity index (χ2v) is 9.98. The number of nitrogens with zero attached hydrogens (tertiary/aromatic N) is 3. The molecule has 1 N–H and O–H groups in total. The van der Waals surface area contributed by atoms with Crippen LogP contribution >= 0.6 is 11.3 Å². The van der Waals surface area contributed by atoms with E-state index in [0.29, 0.717) is 18.8 Å². The Morgan fingerprint density at radius 3 is 2.39 bits per heavy atom. The van der Waals surface area contributed by atoms with E-state index in [1.165, 1.54) is 17.0 Å². The number of hydrogen-bond acceptors (Lipinski definition) is 6. The molecule has 1 amide bonds. The van der Waals surface area contributed by atoms with Crippen LogP contribution in [0.4, 0.5) is 10.8 Å². The van der Waals surface area contributed by atoms with E-state index in [4.69, 9.17) is 0 Å². The molecule has 1 aliphatic rings. The summed E-state index contributed by atoms with van der Waals surface area (Å²) < 4.78 is 27.5. The molecule has 0 bridgehead atoms. The van der Waals surface area contributed by atoms with Gasteiger partial charge in [-0.2, -0.15) is 0 Å². The van der Waals surface area contributed by atoms with Crippen LogP contribution in [0.15, 0.2) is 64.9 Å². The van der Waals surface area contributed by atoms with Crippen LogP contribution in [0, 0.1) is 6.92 Å². The highest BCUT2D eigenvalue weighted by molar-refractivity contribution is 7.93. The molecule has 2 heterocycles. The molecule has 1 aliphatic heterocycles. The van der Waals surface area contributed by atoms with Crippen LogP contribution in [-0.4, -0.2) is 50.4 Å². The molecule has 0 saturated carbocycles. The fourth-order valence-electron chi connectivity index (χ4n) is 3.45. The topological polar surface area (TPSA) is 82.6 Å². The van der Waals surface area contributed by atoms with E-state index in [1.807, 2.05) is 30.0 Å². The molecule has 9 heteroatoms. The number of rotatable bonds is 6. The standard InChI is InChI=1S/C22H24N4O3S2/c1-17-7-9-20(10-8-17)31(28,29)24-22-23-18(16-30-22)15-21(27)26-13-11-25(12-14-26)19-5-3-2-4-6-19/h2-10,16H,11-15H2,1H3,(H,23,24). The van der Waals surface area contributed by atoms with E-state index in [2.05, 4.69) is 26.7 Å². The van der Waals surface area contributed by atoms with Gasteiger partial charge in [0, 0.05) is 37.2 Å². The molecule has 0 atom stereocenters. The average Bonchev–Trinajstić information content (AvgIpc) is 3.20. The number of benzene rings is 2. The van der Waals surface area contributed by atoms with Gasteiger partial charge in [-0.05, 0) is 31.2 Å². The van der Waals surface area contributed by atoms with E-state index >= 15 is 0 Å². The number of amides is 1. The van der Waals surface area contributed by atoms with Crippen molar-refractivity contribution in [1.82, 2.24) is 9.88 Å². The van der Waals surface area contributed by atoms with Crippen molar-refractivity contribution >= 4 is 38.1 Å². The van der Waals surface area contributed by atoms with E-state index < -0.39 is 10.0 Å². The summed E-state index contributed by atoms with van der Waals surface area (Å²) in [4.78, 5) is 21.3. The summed E-state index contributed by atoms with van der Waals surface area (Å²) in [6.45, 7) is 4.79. The van der Waals surface area contributed by atoms with Crippen LogP contribution in [0.25, 0.3) is 0 Å². The Hall–Kier alpha value is -2.91. The first-order chi connectivity index (χ1) is 14.9. The maximum atomic E-state index is 12.7. The predicted molar refractivity (Wildman–Crippen MR) is 123 cm³/mol. The van der Waals surface area contributed by atoms with Gasteiger partial charge in [0.2, 0.25) is 5.91 Å². The van der Waals surface area contributed by atoms with Crippen LogP contribution in [0.5, 0.6) is 0 Å². The maximum absolute atomic E-state index is 12.7. The highest BCUT2D eigenvalue weighted by Crippen LogP contribution is 2.22. The van der Waals surface area contributed by atoms with Gasteiger partial charge in [0.25, 0.3) is 10.0 Å². The monoisotopic (exact) mass is 456 g/mol. The zero-order valence-corrected chi connectivity index (χ0v) is 18.8. The van der Waals surface area contributed by atoms with Gasteiger partial charge in [-0.1, -0.05) is 35.9 Å². The second-order valence-electron chi connectivity index (χ2n) is 7.44. The number of carbonyl (C=O) groups is 1. The number of sulfonamides is 1. The minimum absolute atomic E-state index is 0.00551.